The Hall–Kier alpha value is -4.93. The number of nitrogens with one attached hydrogen (secondary N) is 3. The number of benzene rings is 2. The van der Waals surface area contributed by atoms with E-state index in [1.165, 1.54) is 12.0 Å². The largest absolute Gasteiger partial charge is 0.497 e. The number of nitrogen functional groups attached to an aromatic ring is 1. The van der Waals surface area contributed by atoms with Crippen molar-refractivity contribution in [3.63, 3.8) is 0 Å². The van der Waals surface area contributed by atoms with E-state index >= 15 is 0 Å². The molecule has 2 fully saturated rings. The average Bonchev–Trinajstić information content (AvgIpc) is 3.63. The molecule has 0 radical (unpaired) electrons. The fraction of sp³-hybridized carbons (Fsp3) is 0.250. The molecule has 11 heteroatoms. The number of aromatic nitrogens is 1. The molecule has 198 valence electrons. The van der Waals surface area contributed by atoms with E-state index in [1.54, 1.807) is 48.7 Å². The van der Waals surface area contributed by atoms with Crippen LogP contribution in [0.5, 0.6) is 5.75 Å². The standard InChI is InChI=1S/C28H26N6O5/c1-39-20-9-4-16-13-34(25(36)21(16)11-20)14-28(26(37)32-27(38)33-28)18-5-2-15(3-6-18)17-10-22(23(29)30-12-17)24(35)31-19-7-8-19/h2-6,9-12,19H,7-8,13-14H2,1H3,(H2,29,30)(H,31,35)(H2,32,33,37,38)/t28-/m0/s1. The first kappa shape index (κ1) is 24.4. The van der Waals surface area contributed by atoms with Crippen molar-refractivity contribution in [2.75, 3.05) is 19.4 Å². The van der Waals surface area contributed by atoms with Crippen molar-refractivity contribution < 1.29 is 23.9 Å². The van der Waals surface area contributed by atoms with E-state index in [4.69, 9.17) is 10.5 Å². The van der Waals surface area contributed by atoms with Gasteiger partial charge in [-0.3, -0.25) is 19.7 Å². The van der Waals surface area contributed by atoms with Gasteiger partial charge >= 0.3 is 6.03 Å². The summed E-state index contributed by atoms with van der Waals surface area (Å²) in [4.78, 5) is 57.0. The Labute approximate surface area is 223 Å². The first-order chi connectivity index (χ1) is 18.8. The summed E-state index contributed by atoms with van der Waals surface area (Å²) < 4.78 is 5.25. The number of fused-ring (bicyclic) bond motifs is 1. The summed E-state index contributed by atoms with van der Waals surface area (Å²) >= 11 is 0. The number of nitrogens with two attached hydrogens (primary N) is 1. The van der Waals surface area contributed by atoms with E-state index in [-0.39, 0.29) is 30.2 Å². The molecular weight excluding hydrogens is 500 g/mol. The summed E-state index contributed by atoms with van der Waals surface area (Å²) in [6.45, 7) is 0.235. The number of hydrogen-bond acceptors (Lipinski definition) is 7. The number of nitrogens with zero attached hydrogens (tertiary/aromatic N) is 2. The number of amides is 5. The highest BCUT2D eigenvalue weighted by atomic mass is 16.5. The second-order valence-corrected chi connectivity index (χ2v) is 9.98. The molecule has 39 heavy (non-hydrogen) atoms. The van der Waals surface area contributed by atoms with Gasteiger partial charge in [-0.25, -0.2) is 9.78 Å². The number of anilines is 1. The van der Waals surface area contributed by atoms with Crippen molar-refractivity contribution in [1.82, 2.24) is 25.8 Å². The molecule has 5 amide bonds. The van der Waals surface area contributed by atoms with Crippen LogP contribution < -0.4 is 26.4 Å². The van der Waals surface area contributed by atoms with Crippen LogP contribution in [0.4, 0.5) is 10.6 Å². The van der Waals surface area contributed by atoms with Crippen LogP contribution in [0, 0.1) is 0 Å². The van der Waals surface area contributed by atoms with Gasteiger partial charge in [0.05, 0.1) is 19.2 Å². The van der Waals surface area contributed by atoms with E-state index in [9.17, 15) is 19.2 Å². The number of imide groups is 1. The molecule has 1 aromatic heterocycles. The molecule has 1 aliphatic carbocycles. The van der Waals surface area contributed by atoms with E-state index in [0.717, 1.165) is 24.0 Å². The Bertz CT molecular complexity index is 1530. The smallest absolute Gasteiger partial charge is 0.322 e. The third kappa shape index (κ3) is 4.31. The summed E-state index contributed by atoms with van der Waals surface area (Å²) in [6.07, 6.45) is 3.48. The lowest BCUT2D eigenvalue weighted by molar-refractivity contribution is -0.124. The highest BCUT2D eigenvalue weighted by Crippen LogP contribution is 2.34. The molecule has 1 saturated carbocycles. The Balaban J connectivity index is 1.29. The van der Waals surface area contributed by atoms with Gasteiger partial charge in [-0.15, -0.1) is 0 Å². The van der Waals surface area contributed by atoms with Crippen LogP contribution >= 0.6 is 0 Å². The number of hydrogen-bond donors (Lipinski definition) is 4. The zero-order valence-electron chi connectivity index (χ0n) is 21.1. The number of carbonyl (C=O) groups excluding carboxylic acids is 4. The van der Waals surface area contributed by atoms with Crippen molar-refractivity contribution in [3.8, 4) is 16.9 Å². The lowest BCUT2D eigenvalue weighted by Crippen LogP contribution is -2.52. The maximum absolute atomic E-state index is 13.2. The van der Waals surface area contributed by atoms with Crippen LogP contribution in [-0.4, -0.2) is 53.3 Å². The minimum Gasteiger partial charge on any atom is -0.497 e. The summed E-state index contributed by atoms with van der Waals surface area (Å²) in [5.74, 6) is -0.356. The minimum atomic E-state index is -1.48. The van der Waals surface area contributed by atoms with Crippen molar-refractivity contribution in [2.24, 2.45) is 0 Å². The van der Waals surface area contributed by atoms with E-state index in [2.05, 4.69) is 20.9 Å². The van der Waals surface area contributed by atoms with Gasteiger partial charge in [-0.2, -0.15) is 0 Å². The van der Waals surface area contributed by atoms with Gasteiger partial charge in [0, 0.05) is 29.9 Å². The van der Waals surface area contributed by atoms with Gasteiger partial charge < -0.3 is 26.0 Å². The molecule has 0 spiro atoms. The maximum Gasteiger partial charge on any atom is 0.322 e. The SMILES string of the molecule is COc1ccc2c(c1)C(=O)N(C[C@@]1(c3ccc(-c4cnc(N)c(C(=O)NC5CC5)c4)cc3)NC(=O)NC1=O)C2. The Morgan fingerprint density at radius 1 is 1.13 bits per heavy atom. The number of urea groups is 1. The second kappa shape index (κ2) is 9.12. The van der Waals surface area contributed by atoms with Crippen molar-refractivity contribution >= 4 is 29.6 Å². The molecule has 5 N–H and O–H groups in total. The normalized spacial score (nSPS) is 19.9. The van der Waals surface area contributed by atoms with Gasteiger partial charge in [0.2, 0.25) is 0 Å². The van der Waals surface area contributed by atoms with Crippen LogP contribution in [0.2, 0.25) is 0 Å². The quantitative estimate of drug-likeness (QED) is 0.343. The van der Waals surface area contributed by atoms with Gasteiger partial charge in [0.25, 0.3) is 17.7 Å². The zero-order chi connectivity index (χ0) is 27.3. The van der Waals surface area contributed by atoms with Crippen LogP contribution in [0.15, 0.2) is 54.7 Å². The fourth-order valence-corrected chi connectivity index (χ4v) is 5.03. The third-order valence-corrected chi connectivity index (χ3v) is 7.35. The summed E-state index contributed by atoms with van der Waals surface area (Å²) in [6, 6.07) is 13.5. The summed E-state index contributed by atoms with van der Waals surface area (Å²) in [5.41, 5.74) is 8.01. The molecule has 1 atom stereocenters. The molecule has 3 aromatic rings. The molecule has 2 aliphatic heterocycles. The molecule has 11 nitrogen and oxygen atoms in total. The lowest BCUT2D eigenvalue weighted by Gasteiger charge is -2.31. The average molecular weight is 527 g/mol. The molecular formula is C28H26N6O5. The number of rotatable bonds is 7. The van der Waals surface area contributed by atoms with E-state index < -0.39 is 17.5 Å². The van der Waals surface area contributed by atoms with Gasteiger partial charge in [0.15, 0.2) is 5.54 Å². The first-order valence-electron chi connectivity index (χ1n) is 12.5. The molecule has 1 saturated heterocycles. The topological polar surface area (TPSA) is 156 Å². The zero-order valence-corrected chi connectivity index (χ0v) is 21.1. The van der Waals surface area contributed by atoms with Crippen LogP contribution in [0.25, 0.3) is 11.1 Å². The third-order valence-electron chi connectivity index (χ3n) is 7.35. The van der Waals surface area contributed by atoms with Crippen LogP contribution in [0.1, 0.15) is 44.7 Å². The van der Waals surface area contributed by atoms with Gasteiger partial charge in [0.1, 0.15) is 11.6 Å². The molecule has 0 unspecified atom stereocenters. The number of pyridine rings is 1. The highest BCUT2D eigenvalue weighted by Gasteiger charge is 2.50. The maximum atomic E-state index is 13.2. The van der Waals surface area contributed by atoms with Crippen molar-refractivity contribution in [1.29, 1.82) is 0 Å². The number of ether oxygens (including phenoxy) is 1. The first-order valence-corrected chi connectivity index (χ1v) is 12.5. The number of carbonyl (C=O) groups is 4. The predicted octanol–water partition coefficient (Wildman–Crippen LogP) is 1.92. The summed E-state index contributed by atoms with van der Waals surface area (Å²) in [7, 11) is 1.53. The summed E-state index contributed by atoms with van der Waals surface area (Å²) in [5, 5.41) is 7.98. The second-order valence-electron chi connectivity index (χ2n) is 9.98. The Morgan fingerprint density at radius 3 is 2.56 bits per heavy atom. The molecule has 0 bridgehead atoms. The molecule has 2 aromatic carbocycles. The van der Waals surface area contributed by atoms with E-state index in [1.807, 2.05) is 6.07 Å². The van der Waals surface area contributed by atoms with Gasteiger partial charge in [-0.1, -0.05) is 30.3 Å². The van der Waals surface area contributed by atoms with E-state index in [0.29, 0.717) is 34.5 Å². The molecule has 3 heterocycles. The predicted molar refractivity (Wildman–Crippen MR) is 141 cm³/mol. The molecule has 3 aliphatic rings. The van der Waals surface area contributed by atoms with Crippen molar-refractivity contribution in [2.45, 2.75) is 31.0 Å². The Kier molecular flexibility index (Phi) is 5.71. The minimum absolute atomic E-state index is 0.0609. The van der Waals surface area contributed by atoms with Crippen LogP contribution in [0.3, 0.4) is 0 Å². The fourth-order valence-electron chi connectivity index (χ4n) is 5.03. The Morgan fingerprint density at radius 2 is 1.90 bits per heavy atom. The van der Waals surface area contributed by atoms with Crippen molar-refractivity contribution in [3.05, 3.63) is 77.0 Å². The van der Waals surface area contributed by atoms with Gasteiger partial charge in [-0.05, 0) is 47.7 Å². The number of methoxy groups -OCH3 is 1. The highest BCUT2D eigenvalue weighted by molar-refractivity contribution is 6.08. The molecule has 6 rings (SSSR count). The van der Waals surface area contributed by atoms with Crippen LogP contribution in [-0.2, 0) is 16.9 Å². The monoisotopic (exact) mass is 526 g/mol. The lowest BCUT2D eigenvalue weighted by atomic mass is 9.88.